The zero-order chi connectivity index (χ0) is 25.5. The predicted molar refractivity (Wildman–Crippen MR) is 140 cm³/mol. The van der Waals surface area contributed by atoms with Crippen LogP contribution in [0.5, 0.6) is 17.4 Å². The van der Waals surface area contributed by atoms with Gasteiger partial charge < -0.3 is 20.1 Å². The van der Waals surface area contributed by atoms with Crippen molar-refractivity contribution in [1.29, 1.82) is 0 Å². The summed E-state index contributed by atoms with van der Waals surface area (Å²) in [5.41, 5.74) is 3.52. The summed E-state index contributed by atoms with van der Waals surface area (Å²) in [5, 5.41) is 5.91. The smallest absolute Gasteiger partial charge is 0.238 e. The zero-order valence-electron chi connectivity index (χ0n) is 20.9. The SMILES string of the molecule is COc1ccccc1Oc1ccc(NC(=O)CCN(CC(=O)Nc2c(C)cccc2C)C2CC2)cn1. The van der Waals surface area contributed by atoms with Crippen LogP contribution in [0.1, 0.15) is 30.4 Å². The number of aryl methyl sites for hydroxylation is 2. The Morgan fingerprint density at radius 2 is 1.67 bits per heavy atom. The second kappa shape index (κ2) is 11.7. The highest BCUT2D eigenvalue weighted by Crippen LogP contribution is 2.30. The molecule has 2 aromatic carbocycles. The van der Waals surface area contributed by atoms with Gasteiger partial charge in [-0.05, 0) is 56.0 Å². The third-order valence-electron chi connectivity index (χ3n) is 6.09. The Balaban J connectivity index is 1.27. The van der Waals surface area contributed by atoms with Crippen molar-refractivity contribution in [2.75, 3.05) is 30.8 Å². The fraction of sp³-hybridized carbons (Fsp3) is 0.321. The number of ether oxygens (including phenoxy) is 2. The number of carbonyl (C=O) groups is 2. The molecule has 36 heavy (non-hydrogen) atoms. The van der Waals surface area contributed by atoms with Crippen LogP contribution in [0, 0.1) is 13.8 Å². The summed E-state index contributed by atoms with van der Waals surface area (Å²) >= 11 is 0. The molecule has 2 amide bonds. The number of aromatic nitrogens is 1. The molecule has 3 aromatic rings. The number of methoxy groups -OCH3 is 1. The molecular formula is C28H32N4O4. The van der Waals surface area contributed by atoms with Gasteiger partial charge in [0.1, 0.15) is 0 Å². The standard InChI is InChI=1S/C28H32N4O4/c1-19-7-6-8-20(2)28(19)31-26(34)18-32(22-12-13-22)16-15-25(33)30-21-11-14-27(29-17-21)36-24-10-5-4-9-23(24)35-3/h4-11,14,17,22H,12-13,15-16,18H2,1-3H3,(H,30,33)(H,31,34). The lowest BCUT2D eigenvalue weighted by atomic mass is 10.1. The van der Waals surface area contributed by atoms with Crippen molar-refractivity contribution in [3.8, 4) is 17.4 Å². The normalized spacial score (nSPS) is 12.8. The van der Waals surface area contributed by atoms with Gasteiger partial charge in [-0.2, -0.15) is 0 Å². The van der Waals surface area contributed by atoms with Gasteiger partial charge in [0.2, 0.25) is 17.7 Å². The van der Waals surface area contributed by atoms with E-state index in [0.29, 0.717) is 35.7 Å². The maximum atomic E-state index is 12.7. The lowest BCUT2D eigenvalue weighted by Crippen LogP contribution is -2.37. The van der Waals surface area contributed by atoms with Crippen molar-refractivity contribution in [3.05, 3.63) is 71.9 Å². The molecule has 0 unspecified atom stereocenters. The molecule has 188 valence electrons. The number of anilines is 2. The lowest BCUT2D eigenvalue weighted by Gasteiger charge is -2.22. The number of rotatable bonds is 11. The van der Waals surface area contributed by atoms with E-state index in [-0.39, 0.29) is 24.8 Å². The number of carbonyl (C=O) groups excluding carboxylic acids is 2. The van der Waals surface area contributed by atoms with Crippen LogP contribution in [-0.2, 0) is 9.59 Å². The van der Waals surface area contributed by atoms with E-state index in [2.05, 4.69) is 20.5 Å². The summed E-state index contributed by atoms with van der Waals surface area (Å²) in [6, 6.07) is 17.1. The maximum absolute atomic E-state index is 12.7. The van der Waals surface area contributed by atoms with Gasteiger partial charge in [0.05, 0.1) is 25.5 Å². The number of nitrogens with one attached hydrogen (secondary N) is 2. The molecule has 1 aliphatic rings. The van der Waals surface area contributed by atoms with Crippen LogP contribution in [0.3, 0.4) is 0 Å². The molecule has 1 heterocycles. The molecule has 2 N–H and O–H groups in total. The second-order valence-corrected chi connectivity index (χ2v) is 8.95. The Morgan fingerprint density at radius 1 is 0.944 bits per heavy atom. The molecule has 4 rings (SSSR count). The fourth-order valence-corrected chi connectivity index (χ4v) is 4.00. The molecule has 0 saturated heterocycles. The molecule has 1 fully saturated rings. The second-order valence-electron chi connectivity index (χ2n) is 8.95. The van der Waals surface area contributed by atoms with Crippen molar-refractivity contribution in [2.24, 2.45) is 0 Å². The van der Waals surface area contributed by atoms with Crippen LogP contribution in [0.2, 0.25) is 0 Å². The van der Waals surface area contributed by atoms with Crippen LogP contribution in [0.15, 0.2) is 60.8 Å². The summed E-state index contributed by atoms with van der Waals surface area (Å²) in [4.78, 5) is 31.7. The van der Waals surface area contributed by atoms with Gasteiger partial charge in [-0.3, -0.25) is 14.5 Å². The largest absolute Gasteiger partial charge is 0.493 e. The lowest BCUT2D eigenvalue weighted by molar-refractivity contribution is -0.119. The van der Waals surface area contributed by atoms with Gasteiger partial charge in [0.25, 0.3) is 0 Å². The van der Waals surface area contributed by atoms with Crippen molar-refractivity contribution >= 4 is 23.2 Å². The number of hydrogen-bond acceptors (Lipinski definition) is 6. The third kappa shape index (κ3) is 6.82. The Kier molecular flexibility index (Phi) is 8.17. The molecule has 0 atom stereocenters. The van der Waals surface area contributed by atoms with E-state index < -0.39 is 0 Å². The van der Waals surface area contributed by atoms with E-state index in [1.165, 1.54) is 0 Å². The van der Waals surface area contributed by atoms with Crippen LogP contribution < -0.4 is 20.1 Å². The molecule has 0 bridgehead atoms. The van der Waals surface area contributed by atoms with E-state index in [1.54, 1.807) is 31.5 Å². The summed E-state index contributed by atoms with van der Waals surface area (Å²) < 4.78 is 11.1. The molecule has 0 radical (unpaired) electrons. The van der Waals surface area contributed by atoms with E-state index in [1.807, 2.05) is 50.2 Å². The molecule has 1 aliphatic carbocycles. The summed E-state index contributed by atoms with van der Waals surface area (Å²) in [6.45, 7) is 4.75. The molecule has 8 nitrogen and oxygen atoms in total. The first-order valence-electron chi connectivity index (χ1n) is 12.1. The Hall–Kier alpha value is -3.91. The molecule has 0 aliphatic heterocycles. The summed E-state index contributed by atoms with van der Waals surface area (Å²) in [5.74, 6) is 1.38. The van der Waals surface area contributed by atoms with Gasteiger partial charge in [0, 0.05) is 30.8 Å². The quantitative estimate of drug-likeness (QED) is 0.398. The summed E-state index contributed by atoms with van der Waals surface area (Å²) in [6.07, 6.45) is 3.94. The number of hydrogen-bond donors (Lipinski definition) is 2. The number of para-hydroxylation sites is 3. The highest BCUT2D eigenvalue weighted by molar-refractivity contribution is 5.94. The van der Waals surface area contributed by atoms with Crippen molar-refractivity contribution < 1.29 is 19.1 Å². The number of pyridine rings is 1. The average Bonchev–Trinajstić information content (AvgIpc) is 3.71. The Bertz CT molecular complexity index is 1190. The molecule has 1 saturated carbocycles. The van der Waals surface area contributed by atoms with Crippen LogP contribution >= 0.6 is 0 Å². The van der Waals surface area contributed by atoms with Gasteiger partial charge in [-0.25, -0.2) is 4.98 Å². The highest BCUT2D eigenvalue weighted by atomic mass is 16.5. The Morgan fingerprint density at radius 3 is 2.31 bits per heavy atom. The molecule has 0 spiro atoms. The minimum Gasteiger partial charge on any atom is -0.493 e. The average molecular weight is 489 g/mol. The van der Waals surface area contributed by atoms with E-state index in [4.69, 9.17) is 9.47 Å². The first-order chi connectivity index (χ1) is 17.4. The Labute approximate surface area is 211 Å². The fourth-order valence-electron chi connectivity index (χ4n) is 4.00. The minimum absolute atomic E-state index is 0.0606. The minimum atomic E-state index is -0.129. The van der Waals surface area contributed by atoms with Gasteiger partial charge in [-0.1, -0.05) is 30.3 Å². The third-order valence-corrected chi connectivity index (χ3v) is 6.09. The molecule has 1 aromatic heterocycles. The zero-order valence-corrected chi connectivity index (χ0v) is 20.9. The van der Waals surface area contributed by atoms with Crippen LogP contribution in [-0.4, -0.2) is 47.9 Å². The highest BCUT2D eigenvalue weighted by Gasteiger charge is 2.30. The van der Waals surface area contributed by atoms with E-state index >= 15 is 0 Å². The maximum Gasteiger partial charge on any atom is 0.238 e. The number of amides is 2. The van der Waals surface area contributed by atoms with E-state index in [0.717, 1.165) is 29.7 Å². The number of benzene rings is 2. The topological polar surface area (TPSA) is 92.8 Å². The van der Waals surface area contributed by atoms with Crippen molar-refractivity contribution in [2.45, 2.75) is 39.2 Å². The van der Waals surface area contributed by atoms with Crippen LogP contribution in [0.4, 0.5) is 11.4 Å². The van der Waals surface area contributed by atoms with Crippen molar-refractivity contribution in [3.63, 3.8) is 0 Å². The van der Waals surface area contributed by atoms with Crippen molar-refractivity contribution in [1.82, 2.24) is 9.88 Å². The monoisotopic (exact) mass is 488 g/mol. The molecule has 8 heteroatoms. The summed E-state index contributed by atoms with van der Waals surface area (Å²) in [7, 11) is 1.58. The van der Waals surface area contributed by atoms with Gasteiger partial charge in [0.15, 0.2) is 11.5 Å². The number of nitrogens with zero attached hydrogens (tertiary/aromatic N) is 2. The van der Waals surface area contributed by atoms with Gasteiger partial charge in [-0.15, -0.1) is 0 Å². The molecular weight excluding hydrogens is 456 g/mol. The van der Waals surface area contributed by atoms with E-state index in [9.17, 15) is 9.59 Å². The van der Waals surface area contributed by atoms with Crippen LogP contribution in [0.25, 0.3) is 0 Å². The first kappa shape index (κ1) is 25.2. The predicted octanol–water partition coefficient (Wildman–Crippen LogP) is 4.93. The first-order valence-corrected chi connectivity index (χ1v) is 12.1. The van der Waals surface area contributed by atoms with Gasteiger partial charge >= 0.3 is 0 Å².